The van der Waals surface area contributed by atoms with Crippen molar-refractivity contribution in [3.05, 3.63) is 54.1 Å². The molecule has 6 nitrogen and oxygen atoms in total. The van der Waals surface area contributed by atoms with Gasteiger partial charge in [0.1, 0.15) is 18.1 Å². The minimum Gasteiger partial charge on any atom is -0.494 e. The minimum atomic E-state index is -3.21. The minimum absolute atomic E-state index is 0.0566. The summed E-state index contributed by atoms with van der Waals surface area (Å²) in [4.78, 5) is 12.0. The number of sulfone groups is 1. The van der Waals surface area contributed by atoms with Gasteiger partial charge in [-0.15, -0.1) is 0 Å². The number of nitrogens with one attached hydrogen (secondary N) is 1. The summed E-state index contributed by atoms with van der Waals surface area (Å²) in [7, 11) is -3.21. The van der Waals surface area contributed by atoms with E-state index >= 15 is 0 Å². The summed E-state index contributed by atoms with van der Waals surface area (Å²) in [6, 6.07) is 14.0. The number of ether oxygens (including phenoxy) is 2. The highest BCUT2D eigenvalue weighted by Crippen LogP contribution is 2.16. The van der Waals surface area contributed by atoms with E-state index in [1.165, 1.54) is 12.1 Å². The van der Waals surface area contributed by atoms with Crippen LogP contribution in [0.5, 0.6) is 11.5 Å². The second-order valence-corrected chi connectivity index (χ2v) is 8.23. The molecule has 0 heterocycles. The van der Waals surface area contributed by atoms with Gasteiger partial charge in [0.15, 0.2) is 9.84 Å². The van der Waals surface area contributed by atoms with Crippen molar-refractivity contribution in [1.82, 2.24) is 5.32 Å². The first-order valence-corrected chi connectivity index (χ1v) is 10.6. The summed E-state index contributed by atoms with van der Waals surface area (Å²) in [5.41, 5.74) is 1.13. The molecule has 2 aromatic carbocycles. The molecular formula is C20H25NO5S. The summed E-state index contributed by atoms with van der Waals surface area (Å²) in [5, 5.41) is 2.80. The zero-order valence-electron chi connectivity index (χ0n) is 15.6. The van der Waals surface area contributed by atoms with Gasteiger partial charge in [-0.05, 0) is 55.3 Å². The fraction of sp³-hybridized carbons (Fsp3) is 0.350. The SMILES string of the molecule is Cc1cccc(OCCNC(=O)CCCOc2ccc(S(C)(=O)=O)cc2)c1. The summed E-state index contributed by atoms with van der Waals surface area (Å²) in [5.74, 6) is 1.31. The van der Waals surface area contributed by atoms with E-state index in [-0.39, 0.29) is 10.8 Å². The normalized spacial score (nSPS) is 11.0. The molecule has 27 heavy (non-hydrogen) atoms. The number of aryl methyl sites for hydroxylation is 1. The van der Waals surface area contributed by atoms with Crippen molar-refractivity contribution in [1.29, 1.82) is 0 Å². The van der Waals surface area contributed by atoms with Crippen LogP contribution in [0.1, 0.15) is 18.4 Å². The highest BCUT2D eigenvalue weighted by atomic mass is 32.2. The van der Waals surface area contributed by atoms with Gasteiger partial charge < -0.3 is 14.8 Å². The zero-order chi connectivity index (χ0) is 19.7. The molecular weight excluding hydrogens is 366 g/mol. The lowest BCUT2D eigenvalue weighted by molar-refractivity contribution is -0.121. The van der Waals surface area contributed by atoms with Gasteiger partial charge in [-0.1, -0.05) is 12.1 Å². The molecule has 1 N–H and O–H groups in total. The van der Waals surface area contributed by atoms with Gasteiger partial charge in [0.25, 0.3) is 0 Å². The highest BCUT2D eigenvalue weighted by Gasteiger charge is 2.06. The van der Waals surface area contributed by atoms with E-state index in [4.69, 9.17) is 9.47 Å². The Hall–Kier alpha value is -2.54. The van der Waals surface area contributed by atoms with Crippen LogP contribution in [0.25, 0.3) is 0 Å². The Kier molecular flexibility index (Phi) is 7.67. The summed E-state index contributed by atoms with van der Waals surface area (Å²) < 4.78 is 33.9. The van der Waals surface area contributed by atoms with Crippen molar-refractivity contribution in [2.75, 3.05) is 26.0 Å². The second-order valence-electron chi connectivity index (χ2n) is 6.21. The number of rotatable bonds is 10. The van der Waals surface area contributed by atoms with Gasteiger partial charge in [0.2, 0.25) is 5.91 Å². The highest BCUT2D eigenvalue weighted by molar-refractivity contribution is 7.90. The number of benzene rings is 2. The second kappa shape index (κ2) is 9.97. The molecule has 146 valence electrons. The molecule has 0 aliphatic rings. The molecule has 0 saturated carbocycles. The predicted molar refractivity (Wildman–Crippen MR) is 104 cm³/mol. The van der Waals surface area contributed by atoms with E-state index in [0.717, 1.165) is 17.6 Å². The first kappa shape index (κ1) is 20.8. The third-order valence-electron chi connectivity index (χ3n) is 3.75. The van der Waals surface area contributed by atoms with Crippen molar-refractivity contribution in [2.45, 2.75) is 24.7 Å². The van der Waals surface area contributed by atoms with E-state index in [0.29, 0.717) is 38.3 Å². The Morgan fingerprint density at radius 1 is 1.00 bits per heavy atom. The van der Waals surface area contributed by atoms with Crippen LogP contribution in [0.2, 0.25) is 0 Å². The van der Waals surface area contributed by atoms with Crippen molar-refractivity contribution in [2.24, 2.45) is 0 Å². The first-order valence-electron chi connectivity index (χ1n) is 8.74. The monoisotopic (exact) mass is 391 g/mol. The molecule has 0 unspecified atom stereocenters. The van der Waals surface area contributed by atoms with E-state index in [1.54, 1.807) is 12.1 Å². The van der Waals surface area contributed by atoms with E-state index < -0.39 is 9.84 Å². The topological polar surface area (TPSA) is 81.7 Å². The maximum absolute atomic E-state index is 11.8. The molecule has 0 aliphatic heterocycles. The molecule has 0 aromatic heterocycles. The van der Waals surface area contributed by atoms with Crippen molar-refractivity contribution in [3.8, 4) is 11.5 Å². The van der Waals surface area contributed by atoms with Gasteiger partial charge in [0, 0.05) is 12.7 Å². The average molecular weight is 391 g/mol. The van der Waals surface area contributed by atoms with Crippen molar-refractivity contribution < 1.29 is 22.7 Å². The van der Waals surface area contributed by atoms with Gasteiger partial charge in [-0.25, -0.2) is 8.42 Å². The molecule has 2 aromatic rings. The van der Waals surface area contributed by atoms with Crippen LogP contribution >= 0.6 is 0 Å². The van der Waals surface area contributed by atoms with E-state index in [1.807, 2.05) is 31.2 Å². The quantitative estimate of drug-likeness (QED) is 0.630. The Morgan fingerprint density at radius 2 is 1.70 bits per heavy atom. The number of amides is 1. The Morgan fingerprint density at radius 3 is 2.37 bits per heavy atom. The Labute approximate surface area is 160 Å². The lowest BCUT2D eigenvalue weighted by Crippen LogP contribution is -2.28. The van der Waals surface area contributed by atoms with Crippen LogP contribution < -0.4 is 14.8 Å². The number of carbonyl (C=O) groups excluding carboxylic acids is 1. The van der Waals surface area contributed by atoms with Gasteiger partial charge in [-0.3, -0.25) is 4.79 Å². The zero-order valence-corrected chi connectivity index (χ0v) is 16.4. The fourth-order valence-corrected chi connectivity index (χ4v) is 2.99. The van der Waals surface area contributed by atoms with Crippen LogP contribution in [0, 0.1) is 6.92 Å². The van der Waals surface area contributed by atoms with Gasteiger partial charge in [-0.2, -0.15) is 0 Å². The molecule has 0 radical (unpaired) electrons. The number of carbonyl (C=O) groups is 1. The third kappa shape index (κ3) is 7.70. The summed E-state index contributed by atoms with van der Waals surface area (Å²) in [6.45, 7) is 3.24. The molecule has 2 rings (SSSR count). The molecule has 1 amide bonds. The molecule has 0 atom stereocenters. The number of hydrogen-bond donors (Lipinski definition) is 1. The summed E-state index contributed by atoms with van der Waals surface area (Å²) >= 11 is 0. The van der Waals surface area contributed by atoms with Crippen LogP contribution in [0.4, 0.5) is 0 Å². The van der Waals surface area contributed by atoms with Gasteiger partial charge >= 0.3 is 0 Å². The maximum atomic E-state index is 11.8. The Balaban J connectivity index is 1.58. The summed E-state index contributed by atoms with van der Waals surface area (Å²) in [6.07, 6.45) is 2.08. The van der Waals surface area contributed by atoms with Crippen LogP contribution in [0.15, 0.2) is 53.4 Å². The first-order chi connectivity index (χ1) is 12.8. The molecule has 0 fully saturated rings. The molecule has 0 saturated heterocycles. The largest absolute Gasteiger partial charge is 0.494 e. The van der Waals surface area contributed by atoms with E-state index in [2.05, 4.69) is 5.32 Å². The smallest absolute Gasteiger partial charge is 0.220 e. The molecule has 7 heteroatoms. The maximum Gasteiger partial charge on any atom is 0.220 e. The van der Waals surface area contributed by atoms with Crippen molar-refractivity contribution in [3.63, 3.8) is 0 Å². The molecule has 0 aliphatic carbocycles. The van der Waals surface area contributed by atoms with Crippen LogP contribution in [-0.4, -0.2) is 40.3 Å². The van der Waals surface area contributed by atoms with Crippen molar-refractivity contribution >= 4 is 15.7 Å². The lowest BCUT2D eigenvalue weighted by Gasteiger charge is -2.09. The average Bonchev–Trinajstić information content (AvgIpc) is 2.62. The number of hydrogen-bond acceptors (Lipinski definition) is 5. The third-order valence-corrected chi connectivity index (χ3v) is 4.88. The lowest BCUT2D eigenvalue weighted by atomic mass is 10.2. The Bertz CT molecular complexity index is 847. The fourth-order valence-electron chi connectivity index (χ4n) is 2.36. The van der Waals surface area contributed by atoms with Gasteiger partial charge in [0.05, 0.1) is 18.0 Å². The van der Waals surface area contributed by atoms with E-state index in [9.17, 15) is 13.2 Å². The predicted octanol–water partition coefficient (Wildman–Crippen LogP) is 2.75. The molecule has 0 spiro atoms. The standard InChI is InChI=1S/C20H25NO5S/c1-16-5-3-6-18(15-16)26-14-12-21-20(22)7-4-13-25-17-8-10-19(11-9-17)27(2,23)24/h3,5-6,8-11,15H,4,7,12-14H2,1-2H3,(H,21,22). The van der Waals surface area contributed by atoms with Crippen LogP contribution in [-0.2, 0) is 14.6 Å². The molecule has 0 bridgehead atoms. The van der Waals surface area contributed by atoms with Crippen LogP contribution in [0.3, 0.4) is 0 Å².